The molecule has 1 unspecified atom stereocenters. The number of aryl methyl sites for hydroxylation is 1. The Labute approximate surface area is 136 Å². The van der Waals surface area contributed by atoms with E-state index in [1.54, 1.807) is 12.3 Å². The fourth-order valence-electron chi connectivity index (χ4n) is 2.62. The molecule has 120 valence electrons. The van der Waals surface area contributed by atoms with Crippen LogP contribution in [0.4, 0.5) is 5.69 Å². The van der Waals surface area contributed by atoms with Crippen molar-refractivity contribution in [2.24, 2.45) is 5.92 Å². The number of nitrogens with one attached hydrogen (secondary N) is 2. The highest BCUT2D eigenvalue weighted by Gasteiger charge is 2.23. The Kier molecular flexibility index (Phi) is 4.57. The Morgan fingerprint density at radius 2 is 2.17 bits per heavy atom. The molecule has 1 aromatic carbocycles. The predicted octanol–water partition coefficient (Wildman–Crippen LogP) is 3.04. The molecule has 5 nitrogen and oxygen atoms in total. The number of pyridine rings is 1. The van der Waals surface area contributed by atoms with Gasteiger partial charge in [0.1, 0.15) is 11.4 Å². The Hall–Kier alpha value is -2.40. The third-order valence-corrected chi connectivity index (χ3v) is 4.22. The van der Waals surface area contributed by atoms with Crippen molar-refractivity contribution in [2.45, 2.75) is 20.3 Å². The normalized spacial score (nSPS) is 17.0. The highest BCUT2D eigenvalue weighted by atomic mass is 16.5. The number of rotatable bonds is 4. The second-order valence-corrected chi connectivity index (χ2v) is 5.84. The fourth-order valence-corrected chi connectivity index (χ4v) is 2.62. The number of hydrogen-bond donors (Lipinski definition) is 2. The monoisotopic (exact) mass is 311 g/mol. The molecule has 0 bridgehead atoms. The number of hydrogen-bond acceptors (Lipinski definition) is 4. The van der Waals surface area contributed by atoms with Gasteiger partial charge < -0.3 is 15.4 Å². The molecule has 1 saturated heterocycles. The molecule has 0 aliphatic carbocycles. The molecular weight excluding hydrogens is 290 g/mol. The lowest BCUT2D eigenvalue weighted by molar-refractivity contribution is -0.119. The average molecular weight is 311 g/mol. The number of ether oxygens (including phenoxy) is 1. The van der Waals surface area contributed by atoms with Crippen molar-refractivity contribution < 1.29 is 9.53 Å². The van der Waals surface area contributed by atoms with Crippen molar-refractivity contribution in [2.75, 3.05) is 18.4 Å². The molecule has 0 saturated carbocycles. The zero-order valence-corrected chi connectivity index (χ0v) is 13.4. The highest BCUT2D eigenvalue weighted by molar-refractivity contribution is 5.94. The summed E-state index contributed by atoms with van der Waals surface area (Å²) in [6.07, 6.45) is 2.52. The first-order valence-electron chi connectivity index (χ1n) is 7.86. The van der Waals surface area contributed by atoms with Crippen molar-refractivity contribution in [3.8, 4) is 11.6 Å². The first-order valence-corrected chi connectivity index (χ1v) is 7.86. The molecule has 1 amide bonds. The maximum atomic E-state index is 12.3. The summed E-state index contributed by atoms with van der Waals surface area (Å²) in [5, 5.41) is 6.14. The van der Waals surface area contributed by atoms with Crippen molar-refractivity contribution in [1.29, 1.82) is 0 Å². The van der Waals surface area contributed by atoms with E-state index in [2.05, 4.69) is 15.6 Å². The molecule has 1 fully saturated rings. The Bertz CT molecular complexity index is 709. The smallest absolute Gasteiger partial charge is 0.243 e. The Morgan fingerprint density at radius 3 is 2.96 bits per heavy atom. The van der Waals surface area contributed by atoms with Gasteiger partial charge in [-0.2, -0.15) is 0 Å². The zero-order chi connectivity index (χ0) is 16.2. The van der Waals surface area contributed by atoms with Gasteiger partial charge in [-0.15, -0.1) is 0 Å². The summed E-state index contributed by atoms with van der Waals surface area (Å²) in [4.78, 5) is 16.6. The van der Waals surface area contributed by atoms with Crippen LogP contribution in [0.25, 0.3) is 0 Å². The molecule has 1 aliphatic rings. The number of aromatic nitrogens is 1. The van der Waals surface area contributed by atoms with Crippen LogP contribution < -0.4 is 15.4 Å². The van der Waals surface area contributed by atoms with E-state index in [4.69, 9.17) is 4.74 Å². The van der Waals surface area contributed by atoms with Crippen molar-refractivity contribution >= 4 is 11.6 Å². The lowest BCUT2D eigenvalue weighted by Crippen LogP contribution is -2.24. The molecule has 2 aromatic rings. The predicted molar refractivity (Wildman–Crippen MR) is 89.8 cm³/mol. The number of amides is 1. The number of nitrogens with zero attached hydrogens (tertiary/aromatic N) is 1. The van der Waals surface area contributed by atoms with Gasteiger partial charge in [0, 0.05) is 12.7 Å². The topological polar surface area (TPSA) is 63.2 Å². The second-order valence-electron chi connectivity index (χ2n) is 5.84. The maximum Gasteiger partial charge on any atom is 0.243 e. The van der Waals surface area contributed by atoms with Crippen molar-refractivity contribution in [1.82, 2.24) is 10.3 Å². The minimum Gasteiger partial charge on any atom is -0.437 e. The summed E-state index contributed by atoms with van der Waals surface area (Å²) in [6, 6.07) is 9.50. The second kappa shape index (κ2) is 6.79. The molecule has 3 rings (SSSR count). The summed E-state index contributed by atoms with van der Waals surface area (Å²) >= 11 is 0. The number of benzene rings is 1. The largest absolute Gasteiger partial charge is 0.437 e. The van der Waals surface area contributed by atoms with Crippen molar-refractivity contribution in [3.05, 3.63) is 47.7 Å². The Morgan fingerprint density at radius 1 is 1.30 bits per heavy atom. The van der Waals surface area contributed by atoms with Crippen LogP contribution in [0.1, 0.15) is 17.5 Å². The fraction of sp³-hybridized carbons (Fsp3) is 0.333. The molecule has 5 heteroatoms. The van der Waals surface area contributed by atoms with E-state index in [1.165, 1.54) is 0 Å². The van der Waals surface area contributed by atoms with Gasteiger partial charge >= 0.3 is 0 Å². The van der Waals surface area contributed by atoms with Crippen LogP contribution in [-0.4, -0.2) is 24.0 Å². The number of carbonyl (C=O) groups excluding carboxylic acids is 1. The summed E-state index contributed by atoms with van der Waals surface area (Å²) in [5.41, 5.74) is 2.82. The molecule has 1 aromatic heterocycles. The van der Waals surface area contributed by atoms with Gasteiger partial charge in [0.25, 0.3) is 0 Å². The third kappa shape index (κ3) is 3.51. The van der Waals surface area contributed by atoms with Crippen LogP contribution in [-0.2, 0) is 4.79 Å². The molecule has 2 heterocycles. The molecule has 2 N–H and O–H groups in total. The van der Waals surface area contributed by atoms with E-state index >= 15 is 0 Å². The first kappa shape index (κ1) is 15.5. The van der Waals surface area contributed by atoms with E-state index in [0.29, 0.717) is 11.6 Å². The highest BCUT2D eigenvalue weighted by Crippen LogP contribution is 2.30. The molecule has 1 atom stereocenters. The SMILES string of the molecule is Cc1cccc(Oc2ncccc2NC(=O)C2CCNC2)c1C. The molecule has 23 heavy (non-hydrogen) atoms. The van der Waals surface area contributed by atoms with Crippen LogP contribution in [0, 0.1) is 19.8 Å². The zero-order valence-electron chi connectivity index (χ0n) is 13.4. The first-order chi connectivity index (χ1) is 11.1. The van der Waals surface area contributed by atoms with Gasteiger partial charge in [0.2, 0.25) is 11.8 Å². The average Bonchev–Trinajstić information content (AvgIpc) is 3.08. The quantitative estimate of drug-likeness (QED) is 0.911. The molecule has 0 radical (unpaired) electrons. The minimum absolute atomic E-state index is 0.00348. The number of anilines is 1. The van der Waals surface area contributed by atoms with Crippen molar-refractivity contribution in [3.63, 3.8) is 0 Å². The van der Waals surface area contributed by atoms with Crippen LogP contribution in [0.5, 0.6) is 11.6 Å². The molecule has 0 spiro atoms. The minimum atomic E-state index is 0.00348. The summed E-state index contributed by atoms with van der Waals surface area (Å²) in [5.74, 6) is 1.18. The van der Waals surface area contributed by atoms with E-state index in [1.807, 2.05) is 38.1 Å². The van der Waals surface area contributed by atoms with Crippen LogP contribution >= 0.6 is 0 Å². The van der Waals surface area contributed by atoms with Gasteiger partial charge in [-0.25, -0.2) is 4.98 Å². The summed E-state index contributed by atoms with van der Waals surface area (Å²) in [6.45, 7) is 5.66. The van der Waals surface area contributed by atoms with Gasteiger partial charge in [-0.1, -0.05) is 12.1 Å². The van der Waals surface area contributed by atoms with Gasteiger partial charge in [0.05, 0.1) is 5.92 Å². The van der Waals surface area contributed by atoms with Crippen LogP contribution in [0.3, 0.4) is 0 Å². The lowest BCUT2D eigenvalue weighted by Gasteiger charge is -2.15. The molecular formula is C18H21N3O2. The summed E-state index contributed by atoms with van der Waals surface area (Å²) in [7, 11) is 0. The number of carbonyl (C=O) groups is 1. The van der Waals surface area contributed by atoms with E-state index in [-0.39, 0.29) is 11.8 Å². The van der Waals surface area contributed by atoms with Gasteiger partial charge in [-0.3, -0.25) is 4.79 Å². The maximum absolute atomic E-state index is 12.3. The van der Waals surface area contributed by atoms with Crippen LogP contribution in [0.2, 0.25) is 0 Å². The van der Waals surface area contributed by atoms with E-state index < -0.39 is 0 Å². The molecule has 1 aliphatic heterocycles. The van der Waals surface area contributed by atoms with Gasteiger partial charge in [-0.05, 0) is 56.1 Å². The van der Waals surface area contributed by atoms with Gasteiger partial charge in [0.15, 0.2) is 0 Å². The summed E-state index contributed by atoms with van der Waals surface area (Å²) < 4.78 is 5.94. The van der Waals surface area contributed by atoms with Crippen LogP contribution in [0.15, 0.2) is 36.5 Å². The Balaban J connectivity index is 1.80. The third-order valence-electron chi connectivity index (χ3n) is 4.22. The van der Waals surface area contributed by atoms with E-state index in [0.717, 1.165) is 36.4 Å². The lowest BCUT2D eigenvalue weighted by atomic mass is 10.1. The van der Waals surface area contributed by atoms with E-state index in [9.17, 15) is 4.79 Å². The standard InChI is InChI=1S/C18H21N3O2/c1-12-5-3-7-16(13(12)2)23-18-15(6-4-9-20-18)21-17(22)14-8-10-19-11-14/h3-7,9,14,19H,8,10-11H2,1-2H3,(H,21,22).